The molecular weight excluding hydrogens is 252 g/mol. The van der Waals surface area contributed by atoms with Gasteiger partial charge in [-0.05, 0) is 18.9 Å². The van der Waals surface area contributed by atoms with Crippen molar-refractivity contribution in [3.8, 4) is 0 Å². The Kier molecular flexibility index (Phi) is 7.40. The zero-order chi connectivity index (χ0) is 14.8. The van der Waals surface area contributed by atoms with Crippen LogP contribution in [0.25, 0.3) is 0 Å². The van der Waals surface area contributed by atoms with Crippen LogP contribution in [0.15, 0.2) is 24.3 Å². The lowest BCUT2D eigenvalue weighted by atomic mass is 10.1. The minimum absolute atomic E-state index is 0.379. The first kappa shape index (κ1) is 16.2. The maximum atomic E-state index is 11.6. The number of aryl methyl sites for hydroxylation is 1. The van der Waals surface area contributed by atoms with Crippen LogP contribution in [0.1, 0.15) is 43.7 Å². The number of carbonyl (C=O) groups excluding carboxylic acids is 2. The number of rotatable bonds is 7. The summed E-state index contributed by atoms with van der Waals surface area (Å²) in [6.07, 6.45) is 4.33. The summed E-state index contributed by atoms with van der Waals surface area (Å²) in [6, 6.07) is 7.85. The van der Waals surface area contributed by atoms with Crippen molar-refractivity contribution in [3.63, 3.8) is 0 Å². The molecule has 1 rings (SSSR count). The van der Waals surface area contributed by atoms with Crippen LogP contribution in [-0.2, 0) is 16.1 Å². The summed E-state index contributed by atoms with van der Waals surface area (Å²) in [4.78, 5) is 23.1. The van der Waals surface area contributed by atoms with Gasteiger partial charge in [-0.25, -0.2) is 0 Å². The van der Waals surface area contributed by atoms with Crippen molar-refractivity contribution in [1.82, 2.24) is 10.6 Å². The zero-order valence-electron chi connectivity index (χ0n) is 12.4. The predicted molar refractivity (Wildman–Crippen MR) is 80.2 cm³/mol. The number of hydrogen-bond donors (Lipinski definition) is 2. The van der Waals surface area contributed by atoms with E-state index >= 15 is 0 Å². The summed E-state index contributed by atoms with van der Waals surface area (Å²) in [5.41, 5.74) is 2.13. The van der Waals surface area contributed by atoms with E-state index in [0.29, 0.717) is 13.1 Å². The number of hydrogen-bond acceptors (Lipinski definition) is 2. The van der Waals surface area contributed by atoms with Gasteiger partial charge in [0.1, 0.15) is 0 Å². The van der Waals surface area contributed by atoms with Gasteiger partial charge in [0.25, 0.3) is 0 Å². The number of unbranched alkanes of at least 4 members (excludes halogenated alkanes) is 3. The van der Waals surface area contributed by atoms with E-state index in [0.717, 1.165) is 36.8 Å². The molecule has 0 fully saturated rings. The van der Waals surface area contributed by atoms with Gasteiger partial charge in [-0.15, -0.1) is 0 Å². The van der Waals surface area contributed by atoms with Gasteiger partial charge in [0.05, 0.1) is 0 Å². The quantitative estimate of drug-likeness (QED) is 0.593. The minimum Gasteiger partial charge on any atom is -0.348 e. The van der Waals surface area contributed by atoms with Crippen molar-refractivity contribution in [2.24, 2.45) is 0 Å². The lowest BCUT2D eigenvalue weighted by Crippen LogP contribution is -2.39. The van der Waals surface area contributed by atoms with Crippen molar-refractivity contribution in [2.45, 2.75) is 46.1 Å². The summed E-state index contributed by atoms with van der Waals surface area (Å²) in [6.45, 7) is 5.08. The Morgan fingerprint density at radius 1 is 1.05 bits per heavy atom. The summed E-state index contributed by atoms with van der Waals surface area (Å²) in [5, 5.41) is 5.27. The molecule has 0 saturated heterocycles. The maximum Gasteiger partial charge on any atom is 0.309 e. The molecule has 0 aliphatic heterocycles. The van der Waals surface area contributed by atoms with Crippen molar-refractivity contribution in [1.29, 1.82) is 0 Å². The number of nitrogens with one attached hydrogen (secondary N) is 2. The third-order valence-corrected chi connectivity index (χ3v) is 3.06. The molecule has 110 valence electrons. The summed E-state index contributed by atoms with van der Waals surface area (Å²) >= 11 is 0. The Morgan fingerprint density at radius 3 is 2.50 bits per heavy atom. The highest BCUT2D eigenvalue weighted by molar-refractivity contribution is 6.35. The van der Waals surface area contributed by atoms with Crippen molar-refractivity contribution >= 4 is 11.8 Å². The van der Waals surface area contributed by atoms with Crippen LogP contribution in [-0.4, -0.2) is 18.4 Å². The molecule has 1 aromatic rings. The molecule has 20 heavy (non-hydrogen) atoms. The first-order chi connectivity index (χ1) is 9.63. The van der Waals surface area contributed by atoms with E-state index < -0.39 is 11.8 Å². The second kappa shape index (κ2) is 9.13. The molecule has 4 nitrogen and oxygen atoms in total. The predicted octanol–water partition coefficient (Wildman–Crippen LogP) is 2.31. The molecule has 4 heteroatoms. The third kappa shape index (κ3) is 6.36. The monoisotopic (exact) mass is 276 g/mol. The number of amides is 2. The van der Waals surface area contributed by atoms with Crippen molar-refractivity contribution in [2.75, 3.05) is 6.54 Å². The van der Waals surface area contributed by atoms with E-state index in [1.54, 1.807) is 0 Å². The molecule has 0 heterocycles. The molecule has 0 bridgehead atoms. The van der Waals surface area contributed by atoms with Crippen LogP contribution in [0.5, 0.6) is 0 Å². The van der Waals surface area contributed by atoms with Crippen LogP contribution in [0.3, 0.4) is 0 Å². The fourth-order valence-electron chi connectivity index (χ4n) is 1.92. The fourth-order valence-corrected chi connectivity index (χ4v) is 1.92. The van der Waals surface area contributed by atoms with E-state index in [9.17, 15) is 9.59 Å². The Labute approximate surface area is 121 Å². The van der Waals surface area contributed by atoms with E-state index in [1.165, 1.54) is 0 Å². The maximum absolute atomic E-state index is 11.6. The standard InChI is InChI=1S/C16H24N2O2/c1-3-4-5-6-10-17-15(19)16(20)18-12-14-9-7-8-13(2)11-14/h7-9,11H,3-6,10,12H2,1-2H3,(H,17,19)(H,18,20). The van der Waals surface area contributed by atoms with Gasteiger partial charge in [0, 0.05) is 13.1 Å². The molecule has 2 amide bonds. The molecule has 0 spiro atoms. The molecule has 0 radical (unpaired) electrons. The summed E-state index contributed by atoms with van der Waals surface area (Å²) < 4.78 is 0. The largest absolute Gasteiger partial charge is 0.348 e. The molecule has 0 unspecified atom stereocenters. The molecule has 0 saturated carbocycles. The van der Waals surface area contributed by atoms with Crippen LogP contribution in [0, 0.1) is 6.92 Å². The Morgan fingerprint density at radius 2 is 1.80 bits per heavy atom. The fraction of sp³-hybridized carbons (Fsp3) is 0.500. The van der Waals surface area contributed by atoms with Crippen LogP contribution >= 0.6 is 0 Å². The Hall–Kier alpha value is -1.84. The normalized spacial score (nSPS) is 10.1. The molecule has 0 aromatic heterocycles. The van der Waals surface area contributed by atoms with Crippen LogP contribution in [0.4, 0.5) is 0 Å². The Bertz CT molecular complexity index is 444. The smallest absolute Gasteiger partial charge is 0.309 e. The third-order valence-electron chi connectivity index (χ3n) is 3.06. The number of carbonyl (C=O) groups is 2. The van der Waals surface area contributed by atoms with E-state index in [2.05, 4.69) is 17.6 Å². The van der Waals surface area contributed by atoms with Crippen LogP contribution < -0.4 is 10.6 Å². The second-order valence-electron chi connectivity index (χ2n) is 4.99. The average Bonchev–Trinajstić information content (AvgIpc) is 2.44. The Balaban J connectivity index is 2.23. The molecule has 1 aromatic carbocycles. The SMILES string of the molecule is CCCCCCNC(=O)C(=O)NCc1cccc(C)c1. The lowest BCUT2D eigenvalue weighted by Gasteiger charge is -2.07. The lowest BCUT2D eigenvalue weighted by molar-refractivity contribution is -0.139. The van der Waals surface area contributed by atoms with E-state index in [4.69, 9.17) is 0 Å². The topological polar surface area (TPSA) is 58.2 Å². The van der Waals surface area contributed by atoms with Gasteiger partial charge in [-0.1, -0.05) is 56.0 Å². The average molecular weight is 276 g/mol. The van der Waals surface area contributed by atoms with Gasteiger partial charge in [-0.2, -0.15) is 0 Å². The van der Waals surface area contributed by atoms with Gasteiger partial charge < -0.3 is 10.6 Å². The van der Waals surface area contributed by atoms with E-state index in [1.807, 2.05) is 31.2 Å². The summed E-state index contributed by atoms with van der Waals surface area (Å²) in [7, 11) is 0. The molecule has 0 aliphatic carbocycles. The first-order valence-corrected chi connectivity index (χ1v) is 7.25. The second-order valence-corrected chi connectivity index (χ2v) is 4.99. The van der Waals surface area contributed by atoms with Gasteiger partial charge in [-0.3, -0.25) is 9.59 Å². The highest BCUT2D eigenvalue weighted by Gasteiger charge is 2.11. The van der Waals surface area contributed by atoms with Gasteiger partial charge in [0.2, 0.25) is 0 Å². The van der Waals surface area contributed by atoms with Gasteiger partial charge in [0.15, 0.2) is 0 Å². The highest BCUT2D eigenvalue weighted by Crippen LogP contribution is 2.03. The van der Waals surface area contributed by atoms with E-state index in [-0.39, 0.29) is 0 Å². The molecule has 0 atom stereocenters. The molecule has 0 aliphatic rings. The van der Waals surface area contributed by atoms with Crippen molar-refractivity contribution < 1.29 is 9.59 Å². The minimum atomic E-state index is -0.568. The molecule has 2 N–H and O–H groups in total. The van der Waals surface area contributed by atoms with Gasteiger partial charge >= 0.3 is 11.8 Å². The molecular formula is C16H24N2O2. The number of benzene rings is 1. The summed E-state index contributed by atoms with van der Waals surface area (Å²) in [5.74, 6) is -1.11. The highest BCUT2D eigenvalue weighted by atomic mass is 16.2. The first-order valence-electron chi connectivity index (χ1n) is 7.25. The van der Waals surface area contributed by atoms with Crippen LogP contribution in [0.2, 0.25) is 0 Å². The zero-order valence-corrected chi connectivity index (χ0v) is 12.4. The van der Waals surface area contributed by atoms with Crippen molar-refractivity contribution in [3.05, 3.63) is 35.4 Å².